The molecule has 0 saturated heterocycles. The van der Waals surface area contributed by atoms with Crippen LogP contribution in [0.4, 0.5) is 5.69 Å². The summed E-state index contributed by atoms with van der Waals surface area (Å²) in [6.45, 7) is 2.01. The number of hydrogen-bond donors (Lipinski definition) is 0. The number of amidine groups is 1. The number of aliphatic imine (C=N–C) groups is 1. The average molecular weight is 433 g/mol. The molecule has 1 aliphatic heterocycles. The van der Waals surface area contributed by atoms with E-state index in [1.807, 2.05) is 55.5 Å². The summed E-state index contributed by atoms with van der Waals surface area (Å²) in [5.74, 6) is 1.55. The van der Waals surface area contributed by atoms with Crippen LogP contribution in [-0.2, 0) is 4.79 Å². The van der Waals surface area contributed by atoms with Gasteiger partial charge in [0.1, 0.15) is 11.5 Å². The largest absolute Gasteiger partial charge is 0.493 e. The minimum atomic E-state index is -0.205. The smallest absolute Gasteiger partial charge is 0.282 e. The highest BCUT2D eigenvalue weighted by Gasteiger charge is 2.32. The van der Waals surface area contributed by atoms with E-state index in [1.165, 1.54) is 0 Å². The molecule has 0 unspecified atom stereocenters. The molecule has 0 spiro atoms. The number of halogens is 1. The molecule has 3 aromatic rings. The summed E-state index contributed by atoms with van der Waals surface area (Å²) in [6.07, 6.45) is 1.74. The number of nitrogens with zero attached hydrogens (tertiary/aromatic N) is 2. The molecule has 4 rings (SSSR count). The van der Waals surface area contributed by atoms with Crippen molar-refractivity contribution >= 4 is 35.1 Å². The molecule has 0 atom stereocenters. The molecule has 0 fully saturated rings. The maximum absolute atomic E-state index is 13.4. The fourth-order valence-electron chi connectivity index (χ4n) is 3.34. The lowest BCUT2D eigenvalue weighted by Gasteiger charge is -2.18. The molecule has 3 aromatic carbocycles. The highest BCUT2D eigenvalue weighted by Crippen LogP contribution is 2.31. The molecule has 156 valence electrons. The number of hydrogen-bond acceptors (Lipinski definition) is 4. The summed E-state index contributed by atoms with van der Waals surface area (Å²) in [5.41, 5.74) is 3.78. The molecular formula is C25H21ClN2O3. The van der Waals surface area contributed by atoms with Crippen molar-refractivity contribution in [2.75, 3.05) is 19.1 Å². The van der Waals surface area contributed by atoms with Crippen LogP contribution in [0.15, 0.2) is 77.4 Å². The van der Waals surface area contributed by atoms with E-state index in [9.17, 15) is 4.79 Å². The van der Waals surface area contributed by atoms with E-state index in [1.54, 1.807) is 43.4 Å². The van der Waals surface area contributed by atoms with Gasteiger partial charge in [-0.3, -0.25) is 9.69 Å². The SMILES string of the molecule is COc1ccc(/C=C2\N=C(c3ccc(Cl)cc3)N(c3ccc(C)cc3)C2=O)cc1OC. The number of carbonyl (C=O) groups is 1. The van der Waals surface area contributed by atoms with Crippen molar-refractivity contribution in [2.24, 2.45) is 4.99 Å². The second-order valence-electron chi connectivity index (χ2n) is 7.06. The van der Waals surface area contributed by atoms with Gasteiger partial charge in [0.2, 0.25) is 0 Å². The summed E-state index contributed by atoms with van der Waals surface area (Å²) in [5, 5.41) is 0.622. The summed E-state index contributed by atoms with van der Waals surface area (Å²) in [7, 11) is 3.16. The quantitative estimate of drug-likeness (QED) is 0.500. The molecule has 5 nitrogen and oxygen atoms in total. The monoisotopic (exact) mass is 432 g/mol. The second-order valence-corrected chi connectivity index (χ2v) is 7.50. The molecule has 0 aliphatic carbocycles. The van der Waals surface area contributed by atoms with E-state index in [-0.39, 0.29) is 5.91 Å². The highest BCUT2D eigenvalue weighted by molar-refractivity contribution is 6.34. The van der Waals surface area contributed by atoms with E-state index in [0.717, 1.165) is 22.4 Å². The number of aryl methyl sites for hydroxylation is 1. The number of rotatable bonds is 5. The first-order chi connectivity index (χ1) is 15.0. The zero-order valence-corrected chi connectivity index (χ0v) is 18.2. The van der Waals surface area contributed by atoms with Crippen LogP contribution in [0.5, 0.6) is 11.5 Å². The van der Waals surface area contributed by atoms with Gasteiger partial charge in [0.15, 0.2) is 11.5 Å². The standard InChI is InChI=1S/C25H21ClN2O3/c1-16-4-11-20(12-5-16)28-24(18-7-9-19(26)10-8-18)27-21(25(28)29)14-17-6-13-22(30-2)23(15-17)31-3/h4-15H,1-3H3/b21-14-. The first-order valence-electron chi connectivity index (χ1n) is 9.69. The third-order valence-corrected chi connectivity index (χ3v) is 5.22. The number of ether oxygens (including phenoxy) is 2. The summed E-state index contributed by atoms with van der Waals surface area (Å²) < 4.78 is 10.7. The van der Waals surface area contributed by atoms with Gasteiger partial charge in [-0.05, 0) is 67.1 Å². The predicted octanol–water partition coefficient (Wildman–Crippen LogP) is 5.50. The molecule has 0 saturated carbocycles. The third-order valence-electron chi connectivity index (χ3n) is 4.97. The van der Waals surface area contributed by atoms with Gasteiger partial charge in [-0.1, -0.05) is 35.4 Å². The van der Waals surface area contributed by atoms with Crippen LogP contribution < -0.4 is 14.4 Å². The first kappa shape index (κ1) is 20.7. The van der Waals surface area contributed by atoms with Gasteiger partial charge in [-0.15, -0.1) is 0 Å². The van der Waals surface area contributed by atoms with Crippen LogP contribution in [0, 0.1) is 6.92 Å². The third kappa shape index (κ3) is 4.18. The number of amides is 1. The Morgan fingerprint density at radius 2 is 1.58 bits per heavy atom. The Bertz CT molecular complexity index is 1180. The van der Waals surface area contributed by atoms with Crippen molar-refractivity contribution in [3.05, 3.63) is 94.1 Å². The van der Waals surface area contributed by atoms with Crippen molar-refractivity contribution in [3.8, 4) is 11.5 Å². The van der Waals surface area contributed by atoms with Crippen LogP contribution >= 0.6 is 11.6 Å². The zero-order chi connectivity index (χ0) is 22.0. The van der Waals surface area contributed by atoms with Crippen LogP contribution in [-0.4, -0.2) is 26.0 Å². The average Bonchev–Trinajstić information content (AvgIpc) is 3.10. The second kappa shape index (κ2) is 8.66. The normalized spacial score (nSPS) is 14.7. The van der Waals surface area contributed by atoms with E-state index in [2.05, 4.69) is 4.99 Å². The zero-order valence-electron chi connectivity index (χ0n) is 17.4. The van der Waals surface area contributed by atoms with Crippen LogP contribution in [0.25, 0.3) is 6.08 Å². The van der Waals surface area contributed by atoms with E-state index in [4.69, 9.17) is 21.1 Å². The Balaban J connectivity index is 1.80. The molecule has 0 N–H and O–H groups in total. The Morgan fingerprint density at radius 1 is 0.903 bits per heavy atom. The first-order valence-corrected chi connectivity index (χ1v) is 10.1. The Morgan fingerprint density at radius 3 is 2.23 bits per heavy atom. The van der Waals surface area contributed by atoms with Gasteiger partial charge < -0.3 is 9.47 Å². The molecule has 0 radical (unpaired) electrons. The summed E-state index contributed by atoms with van der Waals surface area (Å²) in [6, 6.07) is 20.5. The van der Waals surface area contributed by atoms with Crippen molar-refractivity contribution in [2.45, 2.75) is 6.92 Å². The number of methoxy groups -OCH3 is 2. The Labute approximate surface area is 186 Å². The lowest BCUT2D eigenvalue weighted by atomic mass is 10.1. The molecule has 6 heteroatoms. The van der Waals surface area contributed by atoms with E-state index >= 15 is 0 Å². The Hall–Kier alpha value is -3.57. The fraction of sp³-hybridized carbons (Fsp3) is 0.120. The minimum absolute atomic E-state index is 0.205. The van der Waals surface area contributed by atoms with Crippen molar-refractivity contribution in [3.63, 3.8) is 0 Å². The molecule has 1 aliphatic rings. The minimum Gasteiger partial charge on any atom is -0.493 e. The number of carbonyl (C=O) groups excluding carboxylic acids is 1. The van der Waals surface area contributed by atoms with Crippen molar-refractivity contribution in [1.82, 2.24) is 0 Å². The fourth-order valence-corrected chi connectivity index (χ4v) is 3.47. The van der Waals surface area contributed by atoms with Crippen LogP contribution in [0.2, 0.25) is 5.02 Å². The topological polar surface area (TPSA) is 51.1 Å². The van der Waals surface area contributed by atoms with Crippen LogP contribution in [0.3, 0.4) is 0 Å². The van der Waals surface area contributed by atoms with Gasteiger partial charge in [-0.25, -0.2) is 4.99 Å². The van der Waals surface area contributed by atoms with Crippen molar-refractivity contribution in [1.29, 1.82) is 0 Å². The van der Waals surface area contributed by atoms with Gasteiger partial charge in [0.05, 0.1) is 19.9 Å². The molecular weight excluding hydrogens is 412 g/mol. The predicted molar refractivity (Wildman–Crippen MR) is 124 cm³/mol. The molecule has 1 heterocycles. The maximum atomic E-state index is 13.4. The molecule has 0 bridgehead atoms. The molecule has 31 heavy (non-hydrogen) atoms. The lowest BCUT2D eigenvalue weighted by Crippen LogP contribution is -2.32. The van der Waals surface area contributed by atoms with E-state index < -0.39 is 0 Å². The molecule has 0 aromatic heterocycles. The molecule has 1 amide bonds. The number of benzene rings is 3. The van der Waals surface area contributed by atoms with E-state index in [0.29, 0.717) is 28.1 Å². The Kier molecular flexibility index (Phi) is 5.78. The maximum Gasteiger partial charge on any atom is 0.282 e. The highest BCUT2D eigenvalue weighted by atomic mass is 35.5. The van der Waals surface area contributed by atoms with Crippen LogP contribution in [0.1, 0.15) is 16.7 Å². The van der Waals surface area contributed by atoms with Gasteiger partial charge in [0.25, 0.3) is 5.91 Å². The van der Waals surface area contributed by atoms with Crippen molar-refractivity contribution < 1.29 is 14.3 Å². The van der Waals surface area contributed by atoms with Gasteiger partial charge in [0, 0.05) is 10.6 Å². The summed E-state index contributed by atoms with van der Waals surface area (Å²) in [4.78, 5) is 19.7. The van der Waals surface area contributed by atoms with Gasteiger partial charge in [-0.2, -0.15) is 0 Å². The number of anilines is 1. The summed E-state index contributed by atoms with van der Waals surface area (Å²) >= 11 is 6.05. The lowest BCUT2D eigenvalue weighted by molar-refractivity contribution is -0.113. The van der Waals surface area contributed by atoms with Gasteiger partial charge >= 0.3 is 0 Å².